The monoisotopic (exact) mass is 352 g/mol. The maximum atomic E-state index is 13.0. The van der Waals surface area contributed by atoms with Crippen LogP contribution in [-0.4, -0.2) is 11.0 Å². The van der Waals surface area contributed by atoms with Gasteiger partial charge in [0.15, 0.2) is 5.11 Å². The first-order chi connectivity index (χ1) is 9.54. The van der Waals surface area contributed by atoms with Crippen molar-refractivity contribution in [3.8, 4) is 0 Å². The Bertz CT molecular complexity index is 663. The molecule has 0 heterocycles. The molecular weight excluding hydrogens is 343 g/mol. The van der Waals surface area contributed by atoms with E-state index in [2.05, 4.69) is 26.6 Å². The summed E-state index contributed by atoms with van der Waals surface area (Å²) < 4.78 is 13.9. The van der Waals surface area contributed by atoms with Gasteiger partial charge in [-0.3, -0.25) is 10.1 Å². The van der Waals surface area contributed by atoms with Crippen molar-refractivity contribution in [2.45, 2.75) is 0 Å². The molecule has 0 spiro atoms. The largest absolute Gasteiger partial charge is 0.332 e. The minimum atomic E-state index is -0.469. The molecule has 3 nitrogen and oxygen atoms in total. The predicted molar refractivity (Wildman–Crippen MR) is 84.2 cm³/mol. The number of nitrogens with one attached hydrogen (secondary N) is 2. The normalized spacial score (nSPS) is 9.90. The van der Waals surface area contributed by atoms with E-state index >= 15 is 0 Å². The van der Waals surface area contributed by atoms with E-state index in [4.69, 9.17) is 12.2 Å². The highest BCUT2D eigenvalue weighted by Crippen LogP contribution is 2.15. The SMILES string of the molecule is O=C(NC(=S)Nc1cccc(Br)c1)c1cccc(F)c1. The summed E-state index contributed by atoms with van der Waals surface area (Å²) in [5.41, 5.74) is 0.951. The molecule has 0 saturated carbocycles. The summed E-state index contributed by atoms with van der Waals surface area (Å²) in [5, 5.41) is 5.51. The van der Waals surface area contributed by atoms with Gasteiger partial charge < -0.3 is 5.32 Å². The zero-order valence-electron chi connectivity index (χ0n) is 10.2. The number of amides is 1. The summed E-state index contributed by atoms with van der Waals surface area (Å²) in [4.78, 5) is 11.8. The van der Waals surface area contributed by atoms with Crippen LogP contribution in [0, 0.1) is 5.82 Å². The fourth-order valence-electron chi connectivity index (χ4n) is 1.53. The van der Waals surface area contributed by atoms with Gasteiger partial charge in [-0.2, -0.15) is 0 Å². The minimum Gasteiger partial charge on any atom is -0.332 e. The Morgan fingerprint density at radius 2 is 1.90 bits per heavy atom. The maximum Gasteiger partial charge on any atom is 0.257 e. The lowest BCUT2D eigenvalue weighted by Gasteiger charge is -2.09. The lowest BCUT2D eigenvalue weighted by atomic mass is 10.2. The fraction of sp³-hybridized carbons (Fsp3) is 0. The van der Waals surface area contributed by atoms with E-state index in [9.17, 15) is 9.18 Å². The summed E-state index contributed by atoms with van der Waals surface area (Å²) in [5.74, 6) is -0.930. The molecule has 6 heteroatoms. The van der Waals surface area contributed by atoms with Crippen LogP contribution < -0.4 is 10.6 Å². The lowest BCUT2D eigenvalue weighted by molar-refractivity contribution is 0.0977. The molecule has 0 bridgehead atoms. The second-order valence-corrected chi connectivity index (χ2v) is 5.25. The smallest absolute Gasteiger partial charge is 0.257 e. The number of hydrogen-bond donors (Lipinski definition) is 2. The van der Waals surface area contributed by atoms with Crippen molar-refractivity contribution >= 4 is 44.9 Å². The number of hydrogen-bond acceptors (Lipinski definition) is 2. The summed E-state index contributed by atoms with van der Waals surface area (Å²) in [6, 6.07) is 12.7. The van der Waals surface area contributed by atoms with E-state index in [0.29, 0.717) is 0 Å². The van der Waals surface area contributed by atoms with E-state index < -0.39 is 11.7 Å². The van der Waals surface area contributed by atoms with E-state index in [1.54, 1.807) is 0 Å². The first-order valence-electron chi connectivity index (χ1n) is 5.68. The second kappa shape index (κ2) is 6.58. The molecule has 0 unspecified atom stereocenters. The third-order valence-electron chi connectivity index (χ3n) is 2.40. The first-order valence-corrected chi connectivity index (χ1v) is 6.88. The van der Waals surface area contributed by atoms with Gasteiger partial charge in [0.1, 0.15) is 5.82 Å². The second-order valence-electron chi connectivity index (χ2n) is 3.93. The highest BCUT2D eigenvalue weighted by atomic mass is 79.9. The zero-order valence-corrected chi connectivity index (χ0v) is 12.6. The molecule has 0 radical (unpaired) electrons. The van der Waals surface area contributed by atoms with Crippen molar-refractivity contribution < 1.29 is 9.18 Å². The third-order valence-corrected chi connectivity index (χ3v) is 3.09. The number of rotatable bonds is 2. The van der Waals surface area contributed by atoms with Gasteiger partial charge in [-0.15, -0.1) is 0 Å². The first kappa shape index (κ1) is 14.6. The van der Waals surface area contributed by atoms with Gasteiger partial charge in [0.2, 0.25) is 0 Å². The molecule has 2 N–H and O–H groups in total. The van der Waals surface area contributed by atoms with Crippen LogP contribution in [0.5, 0.6) is 0 Å². The Kier molecular flexibility index (Phi) is 4.81. The average molecular weight is 353 g/mol. The molecular formula is C14H10BrFN2OS. The summed E-state index contributed by atoms with van der Waals surface area (Å²) in [6.07, 6.45) is 0. The maximum absolute atomic E-state index is 13.0. The summed E-state index contributed by atoms with van der Waals surface area (Å²) in [7, 11) is 0. The van der Waals surface area contributed by atoms with Crippen molar-refractivity contribution in [1.82, 2.24) is 5.32 Å². The molecule has 2 aromatic rings. The molecule has 0 aliphatic rings. The predicted octanol–water partition coefficient (Wildman–Crippen LogP) is 3.72. The molecule has 0 aromatic heterocycles. The number of carbonyl (C=O) groups excluding carboxylic acids is 1. The van der Waals surface area contributed by atoms with Crippen LogP contribution in [0.1, 0.15) is 10.4 Å². The van der Waals surface area contributed by atoms with Gasteiger partial charge in [0.05, 0.1) is 0 Å². The Balaban J connectivity index is 1.99. The van der Waals surface area contributed by atoms with E-state index in [-0.39, 0.29) is 10.7 Å². The van der Waals surface area contributed by atoms with Gasteiger partial charge in [-0.1, -0.05) is 28.1 Å². The van der Waals surface area contributed by atoms with E-state index in [1.165, 1.54) is 18.2 Å². The fourth-order valence-corrected chi connectivity index (χ4v) is 2.14. The zero-order chi connectivity index (χ0) is 14.5. The van der Waals surface area contributed by atoms with Gasteiger partial charge >= 0.3 is 0 Å². The highest BCUT2D eigenvalue weighted by Gasteiger charge is 2.08. The molecule has 0 saturated heterocycles. The number of benzene rings is 2. The Morgan fingerprint density at radius 1 is 1.15 bits per heavy atom. The van der Waals surface area contributed by atoms with Crippen molar-refractivity contribution in [2.75, 3.05) is 5.32 Å². The molecule has 1 amide bonds. The molecule has 0 aliphatic carbocycles. The van der Waals surface area contributed by atoms with Crippen molar-refractivity contribution in [2.24, 2.45) is 0 Å². The van der Waals surface area contributed by atoms with E-state index in [1.807, 2.05) is 24.3 Å². The van der Waals surface area contributed by atoms with Crippen LogP contribution in [0.25, 0.3) is 0 Å². The molecule has 20 heavy (non-hydrogen) atoms. The Hall–Kier alpha value is -1.79. The summed E-state index contributed by atoms with van der Waals surface area (Å²) >= 11 is 8.37. The van der Waals surface area contributed by atoms with Crippen molar-refractivity contribution in [3.63, 3.8) is 0 Å². The number of halogens is 2. The molecule has 0 fully saturated rings. The van der Waals surface area contributed by atoms with Gasteiger partial charge in [-0.25, -0.2) is 4.39 Å². The van der Waals surface area contributed by atoms with Gasteiger partial charge in [0.25, 0.3) is 5.91 Å². The van der Waals surface area contributed by atoms with Crippen LogP contribution in [0.3, 0.4) is 0 Å². The van der Waals surface area contributed by atoms with E-state index in [0.717, 1.165) is 16.2 Å². The number of anilines is 1. The summed E-state index contributed by atoms with van der Waals surface area (Å²) in [6.45, 7) is 0. The molecule has 2 rings (SSSR count). The minimum absolute atomic E-state index is 0.150. The highest BCUT2D eigenvalue weighted by molar-refractivity contribution is 9.10. The molecule has 0 aliphatic heterocycles. The third kappa shape index (κ3) is 4.11. The van der Waals surface area contributed by atoms with Crippen LogP contribution in [0.4, 0.5) is 10.1 Å². The quantitative estimate of drug-likeness (QED) is 0.809. The molecule has 0 atom stereocenters. The van der Waals surface area contributed by atoms with Crippen molar-refractivity contribution in [3.05, 3.63) is 64.4 Å². The van der Waals surface area contributed by atoms with Crippen LogP contribution in [-0.2, 0) is 0 Å². The number of thiocarbonyl (C=S) groups is 1. The van der Waals surface area contributed by atoms with Crippen LogP contribution in [0.15, 0.2) is 53.0 Å². The topological polar surface area (TPSA) is 41.1 Å². The lowest BCUT2D eigenvalue weighted by Crippen LogP contribution is -2.34. The van der Waals surface area contributed by atoms with Crippen molar-refractivity contribution in [1.29, 1.82) is 0 Å². The van der Waals surface area contributed by atoms with Gasteiger partial charge in [0, 0.05) is 15.7 Å². The number of carbonyl (C=O) groups is 1. The Morgan fingerprint density at radius 3 is 2.60 bits per heavy atom. The molecule has 2 aromatic carbocycles. The Labute approximate surface area is 129 Å². The average Bonchev–Trinajstić information content (AvgIpc) is 2.38. The van der Waals surface area contributed by atoms with Crippen LogP contribution >= 0.6 is 28.1 Å². The standard InChI is InChI=1S/C14H10BrFN2OS/c15-10-4-2-6-12(8-10)17-14(20)18-13(19)9-3-1-5-11(16)7-9/h1-8H,(H2,17,18,19,20). The molecule has 102 valence electrons. The van der Waals surface area contributed by atoms with Crippen LogP contribution in [0.2, 0.25) is 0 Å². The van der Waals surface area contributed by atoms with Gasteiger partial charge in [-0.05, 0) is 48.6 Å².